The summed E-state index contributed by atoms with van der Waals surface area (Å²) >= 11 is 0. The van der Waals surface area contributed by atoms with Gasteiger partial charge in [0.15, 0.2) is 0 Å². The van der Waals surface area contributed by atoms with Gasteiger partial charge < -0.3 is 14.6 Å². The zero-order valence-electron chi connectivity index (χ0n) is 17.3. The first-order valence-electron chi connectivity index (χ1n) is 10.6. The van der Waals surface area contributed by atoms with E-state index >= 15 is 4.39 Å². The fraction of sp³-hybridized carbons (Fsp3) is 0.333. The van der Waals surface area contributed by atoms with Gasteiger partial charge in [-0.3, -0.25) is 9.69 Å². The standard InChI is InChI=1S/C24H24FN3O3/c1-26-9-10-27(14-22(26)15-5-3-2-4-6-15)21-12-20-17(11-19(21)25)23(29)18(24(30)31)13-28(20)16-7-8-16/h2-6,11-13,16,22H,7-10,14H2,1H3,(H,30,31). The van der Waals surface area contributed by atoms with E-state index in [-0.39, 0.29) is 23.0 Å². The summed E-state index contributed by atoms with van der Waals surface area (Å²) in [6.07, 6.45) is 3.27. The number of carboxylic acids is 1. The molecule has 1 N–H and O–H groups in total. The zero-order valence-corrected chi connectivity index (χ0v) is 17.3. The molecule has 0 spiro atoms. The third-order valence-electron chi connectivity index (χ3n) is 6.44. The van der Waals surface area contributed by atoms with Crippen molar-refractivity contribution >= 4 is 22.6 Å². The minimum absolute atomic E-state index is 0.127. The van der Waals surface area contributed by atoms with Crippen LogP contribution < -0.4 is 10.3 Å². The topological polar surface area (TPSA) is 65.8 Å². The summed E-state index contributed by atoms with van der Waals surface area (Å²) in [6, 6.07) is 13.4. The second-order valence-electron chi connectivity index (χ2n) is 8.49. The molecule has 31 heavy (non-hydrogen) atoms. The fourth-order valence-corrected chi connectivity index (χ4v) is 4.54. The molecule has 1 saturated heterocycles. The highest BCUT2D eigenvalue weighted by molar-refractivity contribution is 5.93. The van der Waals surface area contributed by atoms with Gasteiger partial charge >= 0.3 is 5.97 Å². The normalized spacial score (nSPS) is 19.7. The Morgan fingerprint density at radius 1 is 1.13 bits per heavy atom. The van der Waals surface area contributed by atoms with Gasteiger partial charge in [0.25, 0.3) is 0 Å². The Labute approximate surface area is 179 Å². The van der Waals surface area contributed by atoms with Crippen molar-refractivity contribution in [3.63, 3.8) is 0 Å². The van der Waals surface area contributed by atoms with Crippen LogP contribution in [0.2, 0.25) is 0 Å². The van der Waals surface area contributed by atoms with Gasteiger partial charge in [-0.15, -0.1) is 0 Å². The summed E-state index contributed by atoms with van der Waals surface area (Å²) in [5.74, 6) is -1.78. The van der Waals surface area contributed by atoms with E-state index in [2.05, 4.69) is 24.1 Å². The summed E-state index contributed by atoms with van der Waals surface area (Å²) in [4.78, 5) is 28.5. The highest BCUT2D eigenvalue weighted by Gasteiger charge is 2.30. The number of nitrogens with zero attached hydrogens (tertiary/aromatic N) is 3. The SMILES string of the molecule is CN1CCN(c2cc3c(cc2F)c(=O)c(C(=O)O)cn3C2CC2)CC1c1ccccc1. The van der Waals surface area contributed by atoms with Crippen LogP contribution in [0.3, 0.4) is 0 Å². The first kappa shape index (κ1) is 19.8. The molecule has 1 aliphatic heterocycles. The number of anilines is 1. The smallest absolute Gasteiger partial charge is 0.341 e. The molecule has 1 unspecified atom stereocenters. The molecule has 1 aromatic heterocycles. The van der Waals surface area contributed by atoms with Crippen molar-refractivity contribution in [2.75, 3.05) is 31.6 Å². The van der Waals surface area contributed by atoms with Crippen LogP contribution in [0.25, 0.3) is 10.9 Å². The monoisotopic (exact) mass is 421 g/mol. The van der Waals surface area contributed by atoms with Crippen LogP contribution in [-0.2, 0) is 0 Å². The minimum Gasteiger partial charge on any atom is -0.477 e. The molecule has 0 bridgehead atoms. The summed E-state index contributed by atoms with van der Waals surface area (Å²) in [6.45, 7) is 2.08. The average molecular weight is 421 g/mol. The van der Waals surface area contributed by atoms with Crippen LogP contribution in [0.15, 0.2) is 53.5 Å². The molecule has 1 aliphatic carbocycles. The number of halogens is 1. The lowest BCUT2D eigenvalue weighted by molar-refractivity contribution is 0.0695. The van der Waals surface area contributed by atoms with E-state index in [0.717, 1.165) is 19.4 Å². The molecule has 1 atom stereocenters. The molecule has 0 amide bonds. The Morgan fingerprint density at radius 3 is 2.55 bits per heavy atom. The predicted octanol–water partition coefficient (Wildman–Crippen LogP) is 3.67. The van der Waals surface area contributed by atoms with Gasteiger partial charge in [0, 0.05) is 37.3 Å². The minimum atomic E-state index is -1.28. The average Bonchev–Trinajstić information content (AvgIpc) is 3.60. The Hall–Kier alpha value is -3.19. The largest absolute Gasteiger partial charge is 0.477 e. The number of hydrogen-bond acceptors (Lipinski definition) is 4. The van der Waals surface area contributed by atoms with Crippen molar-refractivity contribution in [2.45, 2.75) is 24.9 Å². The predicted molar refractivity (Wildman–Crippen MR) is 117 cm³/mol. The third kappa shape index (κ3) is 3.49. The Bertz CT molecular complexity index is 1220. The molecule has 7 heteroatoms. The summed E-state index contributed by atoms with van der Waals surface area (Å²) in [5.41, 5.74) is 1.29. The molecule has 2 heterocycles. The van der Waals surface area contributed by atoms with Gasteiger partial charge in [0.1, 0.15) is 11.4 Å². The number of hydrogen-bond donors (Lipinski definition) is 1. The third-order valence-corrected chi connectivity index (χ3v) is 6.44. The molecule has 2 fully saturated rings. The number of aromatic carboxylic acids is 1. The maximum atomic E-state index is 15.2. The Balaban J connectivity index is 1.60. The van der Waals surface area contributed by atoms with Crippen LogP contribution in [0.5, 0.6) is 0 Å². The van der Waals surface area contributed by atoms with Gasteiger partial charge in [-0.05, 0) is 37.6 Å². The quantitative estimate of drug-likeness (QED) is 0.696. The van der Waals surface area contributed by atoms with E-state index in [1.165, 1.54) is 17.8 Å². The van der Waals surface area contributed by atoms with Crippen molar-refractivity contribution in [1.29, 1.82) is 0 Å². The number of pyridine rings is 1. The van der Waals surface area contributed by atoms with Gasteiger partial charge in [-0.2, -0.15) is 0 Å². The Morgan fingerprint density at radius 2 is 1.87 bits per heavy atom. The molecule has 2 aliphatic rings. The number of aromatic nitrogens is 1. The highest BCUT2D eigenvalue weighted by Crippen LogP contribution is 2.38. The lowest BCUT2D eigenvalue weighted by Gasteiger charge is -2.41. The van der Waals surface area contributed by atoms with E-state index in [0.29, 0.717) is 24.3 Å². The number of carboxylic acid groups (broad SMARTS) is 1. The van der Waals surface area contributed by atoms with Crippen molar-refractivity contribution in [3.8, 4) is 0 Å². The molecule has 2 aromatic carbocycles. The molecular formula is C24H24FN3O3. The number of rotatable bonds is 4. The zero-order chi connectivity index (χ0) is 21.7. The molecule has 0 radical (unpaired) electrons. The van der Waals surface area contributed by atoms with Gasteiger partial charge in [-0.1, -0.05) is 30.3 Å². The molecule has 3 aromatic rings. The maximum Gasteiger partial charge on any atom is 0.341 e. The second kappa shape index (κ2) is 7.50. The first-order valence-corrected chi connectivity index (χ1v) is 10.6. The van der Waals surface area contributed by atoms with E-state index in [1.54, 1.807) is 6.07 Å². The maximum absolute atomic E-state index is 15.2. The molecule has 5 rings (SSSR count). The number of fused-ring (bicyclic) bond motifs is 1. The van der Waals surface area contributed by atoms with Crippen LogP contribution in [0.1, 0.15) is 40.8 Å². The summed E-state index contributed by atoms with van der Waals surface area (Å²) in [5, 5.41) is 9.55. The number of likely N-dealkylation sites (N-methyl/N-ethyl adjacent to an activating group) is 1. The molecule has 6 nitrogen and oxygen atoms in total. The molecule has 160 valence electrons. The number of benzene rings is 2. The lowest BCUT2D eigenvalue weighted by Crippen LogP contribution is -2.47. The van der Waals surface area contributed by atoms with Gasteiger partial charge in [0.05, 0.1) is 17.2 Å². The van der Waals surface area contributed by atoms with E-state index in [1.807, 2.05) is 27.7 Å². The first-order chi connectivity index (χ1) is 14.9. The fourth-order valence-electron chi connectivity index (χ4n) is 4.54. The van der Waals surface area contributed by atoms with Crippen molar-refractivity contribution in [3.05, 3.63) is 75.8 Å². The van der Waals surface area contributed by atoms with Crippen LogP contribution in [0.4, 0.5) is 10.1 Å². The van der Waals surface area contributed by atoms with Crippen LogP contribution in [0, 0.1) is 5.82 Å². The van der Waals surface area contributed by atoms with Gasteiger partial charge in [0.2, 0.25) is 5.43 Å². The lowest BCUT2D eigenvalue weighted by atomic mass is 10.0. The van der Waals surface area contributed by atoms with Crippen LogP contribution >= 0.6 is 0 Å². The Kier molecular flexibility index (Phi) is 4.78. The van der Waals surface area contributed by atoms with Crippen molar-refractivity contribution < 1.29 is 14.3 Å². The second-order valence-corrected chi connectivity index (χ2v) is 8.49. The number of carbonyl (C=O) groups is 1. The van der Waals surface area contributed by atoms with Crippen molar-refractivity contribution in [2.24, 2.45) is 0 Å². The summed E-state index contributed by atoms with van der Waals surface area (Å²) in [7, 11) is 2.07. The van der Waals surface area contributed by atoms with Crippen molar-refractivity contribution in [1.82, 2.24) is 9.47 Å². The van der Waals surface area contributed by atoms with E-state index < -0.39 is 17.2 Å². The molecular weight excluding hydrogens is 397 g/mol. The molecule has 1 saturated carbocycles. The van der Waals surface area contributed by atoms with E-state index in [9.17, 15) is 14.7 Å². The highest BCUT2D eigenvalue weighted by atomic mass is 19.1. The summed E-state index contributed by atoms with van der Waals surface area (Å²) < 4.78 is 17.1. The van der Waals surface area contributed by atoms with Gasteiger partial charge in [-0.25, -0.2) is 9.18 Å². The number of piperazine rings is 1. The van der Waals surface area contributed by atoms with E-state index in [4.69, 9.17) is 0 Å². The van der Waals surface area contributed by atoms with Crippen LogP contribution in [-0.4, -0.2) is 47.2 Å².